The third-order valence-corrected chi connectivity index (χ3v) is 5.58. The molecule has 0 amide bonds. The van der Waals surface area contributed by atoms with Gasteiger partial charge in [-0.05, 0) is 49.3 Å². The summed E-state index contributed by atoms with van der Waals surface area (Å²) >= 11 is 0. The second-order valence-corrected chi connectivity index (χ2v) is 7.70. The van der Waals surface area contributed by atoms with Crippen LogP contribution in [0, 0.1) is 0 Å². The van der Waals surface area contributed by atoms with Crippen LogP contribution < -0.4 is 5.73 Å². The normalized spacial score (nSPS) is 19.1. The van der Waals surface area contributed by atoms with Crippen LogP contribution in [0.25, 0.3) is 0 Å². The van der Waals surface area contributed by atoms with Crippen LogP contribution in [0.1, 0.15) is 42.5 Å². The van der Waals surface area contributed by atoms with E-state index in [0.717, 1.165) is 18.4 Å². The molecule has 0 aromatic heterocycles. The molecule has 2 atom stereocenters. The zero-order valence-electron chi connectivity index (χ0n) is 11.0. The van der Waals surface area contributed by atoms with Crippen LogP contribution in [0.15, 0.2) is 18.2 Å². The molecule has 2 rings (SSSR count). The van der Waals surface area contributed by atoms with Gasteiger partial charge in [0.1, 0.15) is 0 Å². The highest BCUT2D eigenvalue weighted by Crippen LogP contribution is 2.26. The number of aryl methyl sites for hydroxylation is 2. The minimum atomic E-state index is -3.10. The molecular formula is C14H21NO2S. The highest BCUT2D eigenvalue weighted by molar-refractivity contribution is 7.91. The van der Waals surface area contributed by atoms with E-state index in [1.54, 1.807) is 6.92 Å². The van der Waals surface area contributed by atoms with E-state index in [1.165, 1.54) is 30.2 Å². The molecular weight excluding hydrogens is 246 g/mol. The molecule has 100 valence electrons. The molecule has 4 heteroatoms. The summed E-state index contributed by atoms with van der Waals surface area (Å²) in [5.74, 6) is 0. The Kier molecular flexibility index (Phi) is 3.78. The van der Waals surface area contributed by atoms with Crippen molar-refractivity contribution in [3.05, 3.63) is 34.9 Å². The number of rotatable bonds is 3. The summed E-state index contributed by atoms with van der Waals surface area (Å²) in [7, 11) is -3.10. The molecule has 2 unspecified atom stereocenters. The third-order valence-electron chi connectivity index (χ3n) is 3.94. The molecule has 0 heterocycles. The monoisotopic (exact) mass is 267 g/mol. The van der Waals surface area contributed by atoms with E-state index in [1.807, 2.05) is 6.07 Å². The quantitative estimate of drug-likeness (QED) is 0.911. The van der Waals surface area contributed by atoms with Gasteiger partial charge in [0.15, 0.2) is 9.84 Å². The average Bonchev–Trinajstić information content (AvgIpc) is 2.35. The molecule has 0 aliphatic heterocycles. The Bertz CT molecular complexity index is 537. The fraction of sp³-hybridized carbons (Fsp3) is 0.571. The molecule has 1 aromatic carbocycles. The fourth-order valence-electron chi connectivity index (χ4n) is 2.50. The predicted molar refractivity (Wildman–Crippen MR) is 74.3 cm³/mol. The van der Waals surface area contributed by atoms with Crippen molar-refractivity contribution in [1.82, 2.24) is 0 Å². The van der Waals surface area contributed by atoms with Gasteiger partial charge in [-0.1, -0.05) is 18.2 Å². The molecule has 0 saturated carbocycles. The molecule has 2 N–H and O–H groups in total. The van der Waals surface area contributed by atoms with Gasteiger partial charge in [-0.15, -0.1) is 0 Å². The van der Waals surface area contributed by atoms with Gasteiger partial charge in [-0.25, -0.2) is 8.42 Å². The van der Waals surface area contributed by atoms with E-state index in [9.17, 15) is 8.42 Å². The number of benzene rings is 1. The summed E-state index contributed by atoms with van der Waals surface area (Å²) in [6, 6.07) is 5.75. The Morgan fingerprint density at radius 3 is 2.39 bits per heavy atom. The van der Waals surface area contributed by atoms with Crippen molar-refractivity contribution >= 4 is 9.84 Å². The van der Waals surface area contributed by atoms with E-state index >= 15 is 0 Å². The van der Waals surface area contributed by atoms with Gasteiger partial charge in [-0.2, -0.15) is 0 Å². The van der Waals surface area contributed by atoms with Crippen LogP contribution in [-0.2, 0) is 22.7 Å². The average molecular weight is 267 g/mol. The lowest BCUT2D eigenvalue weighted by molar-refractivity contribution is 0.570. The number of fused-ring (bicyclic) bond motifs is 1. The highest BCUT2D eigenvalue weighted by Gasteiger charge is 2.24. The van der Waals surface area contributed by atoms with Gasteiger partial charge in [0.2, 0.25) is 0 Å². The van der Waals surface area contributed by atoms with Gasteiger partial charge in [0, 0.05) is 12.3 Å². The van der Waals surface area contributed by atoms with Crippen molar-refractivity contribution in [2.75, 3.05) is 6.26 Å². The van der Waals surface area contributed by atoms with Crippen molar-refractivity contribution in [3.63, 3.8) is 0 Å². The van der Waals surface area contributed by atoms with Gasteiger partial charge >= 0.3 is 0 Å². The molecule has 0 fully saturated rings. The lowest BCUT2D eigenvalue weighted by Gasteiger charge is -2.22. The van der Waals surface area contributed by atoms with Crippen molar-refractivity contribution in [2.24, 2.45) is 5.73 Å². The zero-order valence-corrected chi connectivity index (χ0v) is 11.8. The summed E-state index contributed by atoms with van der Waals surface area (Å²) < 4.78 is 23.1. The number of hydrogen-bond donors (Lipinski definition) is 1. The van der Waals surface area contributed by atoms with Gasteiger partial charge < -0.3 is 5.73 Å². The van der Waals surface area contributed by atoms with Crippen LogP contribution in [0.3, 0.4) is 0 Å². The Morgan fingerprint density at radius 1 is 1.17 bits per heavy atom. The van der Waals surface area contributed by atoms with Crippen molar-refractivity contribution in [1.29, 1.82) is 0 Å². The van der Waals surface area contributed by atoms with E-state index in [0.29, 0.717) is 0 Å². The van der Waals surface area contributed by atoms with Crippen LogP contribution in [0.4, 0.5) is 0 Å². The Morgan fingerprint density at radius 2 is 1.78 bits per heavy atom. The second-order valence-electron chi connectivity index (χ2n) is 5.30. The van der Waals surface area contributed by atoms with Gasteiger partial charge in [0.05, 0.1) is 5.25 Å². The first-order valence-corrected chi connectivity index (χ1v) is 8.41. The molecule has 1 aromatic rings. The maximum atomic E-state index is 11.6. The molecule has 0 radical (unpaired) electrons. The summed E-state index contributed by atoms with van der Waals surface area (Å²) in [6.45, 7) is 1.68. The van der Waals surface area contributed by atoms with Crippen LogP contribution in [-0.4, -0.2) is 19.9 Å². The van der Waals surface area contributed by atoms with Crippen LogP contribution in [0.5, 0.6) is 0 Å². The topological polar surface area (TPSA) is 60.2 Å². The van der Waals surface area contributed by atoms with E-state index in [2.05, 4.69) is 12.1 Å². The van der Waals surface area contributed by atoms with E-state index in [-0.39, 0.29) is 0 Å². The molecule has 3 nitrogen and oxygen atoms in total. The summed E-state index contributed by atoms with van der Waals surface area (Å²) in [5, 5.41) is -0.542. The van der Waals surface area contributed by atoms with E-state index in [4.69, 9.17) is 5.73 Å². The third kappa shape index (κ3) is 2.75. The predicted octanol–water partition coefficient (Wildman–Crippen LogP) is 2.00. The largest absolute Gasteiger partial charge is 0.323 e. The minimum absolute atomic E-state index is 0.438. The van der Waals surface area contributed by atoms with Crippen LogP contribution in [0.2, 0.25) is 0 Å². The smallest absolute Gasteiger partial charge is 0.151 e. The lowest BCUT2D eigenvalue weighted by atomic mass is 9.89. The Hall–Kier alpha value is -0.870. The van der Waals surface area contributed by atoms with Crippen molar-refractivity contribution in [2.45, 2.75) is 43.9 Å². The maximum absolute atomic E-state index is 11.6. The van der Waals surface area contributed by atoms with Gasteiger partial charge in [-0.3, -0.25) is 0 Å². The fourth-order valence-corrected chi connectivity index (χ4v) is 3.19. The molecule has 0 bridgehead atoms. The molecule has 0 spiro atoms. The SMILES string of the molecule is CC(C(N)c1ccc2c(c1)CCCC2)S(C)(=O)=O. The van der Waals surface area contributed by atoms with Crippen molar-refractivity contribution < 1.29 is 8.42 Å². The Balaban J connectivity index is 2.29. The first kappa shape index (κ1) is 13.6. The summed E-state index contributed by atoms with van der Waals surface area (Å²) in [4.78, 5) is 0. The molecule has 1 aliphatic carbocycles. The molecule has 1 aliphatic rings. The summed E-state index contributed by atoms with van der Waals surface area (Å²) in [6.07, 6.45) is 5.93. The van der Waals surface area contributed by atoms with Crippen LogP contribution >= 0.6 is 0 Å². The lowest BCUT2D eigenvalue weighted by Crippen LogP contribution is -2.30. The van der Waals surface area contributed by atoms with E-state index < -0.39 is 21.1 Å². The zero-order chi connectivity index (χ0) is 13.3. The highest BCUT2D eigenvalue weighted by atomic mass is 32.2. The standard InChI is InChI=1S/C14H21NO2S/c1-10(18(2,16)17)14(15)13-8-7-11-5-3-4-6-12(11)9-13/h7-10,14H,3-6,15H2,1-2H3. The van der Waals surface area contributed by atoms with Gasteiger partial charge in [0.25, 0.3) is 0 Å². The summed E-state index contributed by atoms with van der Waals surface area (Å²) in [5.41, 5.74) is 9.75. The first-order valence-electron chi connectivity index (χ1n) is 6.46. The number of sulfone groups is 1. The molecule has 18 heavy (non-hydrogen) atoms. The maximum Gasteiger partial charge on any atom is 0.151 e. The number of hydrogen-bond acceptors (Lipinski definition) is 3. The minimum Gasteiger partial charge on any atom is -0.323 e. The Labute approximate surface area is 109 Å². The van der Waals surface area contributed by atoms with Crippen molar-refractivity contribution in [3.8, 4) is 0 Å². The number of nitrogens with two attached hydrogens (primary N) is 1. The first-order chi connectivity index (χ1) is 8.39. The second kappa shape index (κ2) is 5.02. The molecule has 0 saturated heterocycles.